The lowest BCUT2D eigenvalue weighted by atomic mass is 9.68. The van der Waals surface area contributed by atoms with Crippen LogP contribution in [0.4, 0.5) is 8.78 Å². The van der Waals surface area contributed by atoms with E-state index < -0.39 is 17.8 Å². The first-order chi connectivity index (χ1) is 15.1. The molecule has 2 heterocycles. The second kappa shape index (κ2) is 7.72. The molecule has 31 heavy (non-hydrogen) atoms. The first-order valence-electron chi connectivity index (χ1n) is 10.3. The van der Waals surface area contributed by atoms with Gasteiger partial charge in [-0.05, 0) is 49.6 Å². The molecule has 9 heteroatoms. The van der Waals surface area contributed by atoms with Crippen LogP contribution >= 0.6 is 0 Å². The van der Waals surface area contributed by atoms with Gasteiger partial charge in [-0.2, -0.15) is 5.10 Å². The third-order valence-electron chi connectivity index (χ3n) is 6.38. The van der Waals surface area contributed by atoms with E-state index in [1.165, 1.54) is 12.3 Å². The Labute approximate surface area is 177 Å². The molecule has 1 fully saturated rings. The van der Waals surface area contributed by atoms with Crippen LogP contribution in [-0.2, 0) is 11.3 Å². The van der Waals surface area contributed by atoms with Gasteiger partial charge in [-0.15, -0.1) is 0 Å². The number of nitrogens with zero attached hydrogens (tertiary/aromatic N) is 3. The van der Waals surface area contributed by atoms with Gasteiger partial charge in [0.25, 0.3) is 0 Å². The molecule has 160 valence electrons. The van der Waals surface area contributed by atoms with Crippen molar-refractivity contribution in [1.82, 2.24) is 20.8 Å². The van der Waals surface area contributed by atoms with Gasteiger partial charge >= 0.3 is 0 Å². The predicted octanol–water partition coefficient (Wildman–Crippen LogP) is 3.23. The number of carbonyl (C=O) groups excluding carboxylic acids is 1. The smallest absolute Gasteiger partial charge is 0.180 e. The minimum absolute atomic E-state index is 0.0780. The molecular formula is C22H22F2N6O. The summed E-state index contributed by atoms with van der Waals surface area (Å²) in [5.74, 6) is -0.931. The molecule has 0 spiro atoms. The number of allylic oxidation sites excluding steroid dienone is 1. The van der Waals surface area contributed by atoms with Crippen molar-refractivity contribution in [2.45, 2.75) is 38.0 Å². The fraction of sp³-hybridized carbons (Fsp3) is 0.364. The number of aldehydes is 1. The number of benzene rings is 1. The Bertz CT molecular complexity index is 1150. The molecule has 6 rings (SSSR count). The van der Waals surface area contributed by atoms with Gasteiger partial charge in [0.15, 0.2) is 17.8 Å². The van der Waals surface area contributed by atoms with Crippen molar-refractivity contribution in [3.8, 4) is 0 Å². The average Bonchev–Trinajstić information content (AvgIpc) is 3.21. The third-order valence-corrected chi connectivity index (χ3v) is 6.38. The van der Waals surface area contributed by atoms with Gasteiger partial charge in [0, 0.05) is 17.6 Å². The second-order valence-electron chi connectivity index (χ2n) is 8.18. The molecule has 3 aliphatic carbocycles. The number of halogens is 2. The van der Waals surface area contributed by atoms with Gasteiger partial charge < -0.3 is 15.4 Å². The van der Waals surface area contributed by atoms with Gasteiger partial charge in [0.2, 0.25) is 0 Å². The van der Waals surface area contributed by atoms with E-state index in [1.807, 2.05) is 0 Å². The maximum Gasteiger partial charge on any atom is 0.180 e. The molecule has 1 saturated carbocycles. The Morgan fingerprint density at radius 1 is 1.35 bits per heavy atom. The summed E-state index contributed by atoms with van der Waals surface area (Å²) >= 11 is 0. The molecule has 0 radical (unpaired) electrons. The van der Waals surface area contributed by atoms with Gasteiger partial charge in [-0.3, -0.25) is 10.1 Å². The van der Waals surface area contributed by atoms with E-state index in [-0.39, 0.29) is 35.8 Å². The number of amidine groups is 1. The molecule has 1 aromatic carbocycles. The van der Waals surface area contributed by atoms with E-state index in [4.69, 9.17) is 0 Å². The maximum atomic E-state index is 14.6. The lowest BCUT2D eigenvalue weighted by Crippen LogP contribution is -2.51. The molecule has 2 aromatic rings. The highest BCUT2D eigenvalue weighted by atomic mass is 19.1. The van der Waals surface area contributed by atoms with Crippen LogP contribution in [0.5, 0.6) is 0 Å². The average molecular weight is 424 g/mol. The lowest BCUT2D eigenvalue weighted by Gasteiger charge is -2.42. The highest BCUT2D eigenvalue weighted by molar-refractivity contribution is 5.97. The van der Waals surface area contributed by atoms with Crippen molar-refractivity contribution >= 4 is 29.7 Å². The molecule has 7 nitrogen and oxygen atoms in total. The fourth-order valence-corrected chi connectivity index (χ4v) is 4.84. The van der Waals surface area contributed by atoms with Crippen LogP contribution in [-0.4, -0.2) is 35.1 Å². The number of aromatic nitrogens is 2. The van der Waals surface area contributed by atoms with Gasteiger partial charge in [-0.1, -0.05) is 11.6 Å². The van der Waals surface area contributed by atoms with Crippen molar-refractivity contribution in [2.75, 3.05) is 0 Å². The third kappa shape index (κ3) is 3.34. The minimum atomic E-state index is -0.711. The minimum Gasteiger partial charge on any atom is -0.364 e. The maximum absolute atomic E-state index is 14.6. The monoisotopic (exact) mass is 424 g/mol. The summed E-state index contributed by atoms with van der Waals surface area (Å²) in [6.45, 7) is 3.72. The topological polar surface area (TPSA) is 94.5 Å². The van der Waals surface area contributed by atoms with E-state index in [0.717, 1.165) is 31.1 Å². The summed E-state index contributed by atoms with van der Waals surface area (Å²) in [6.07, 6.45) is 6.34. The number of hydrogen-bond acceptors (Lipinski definition) is 6. The van der Waals surface area contributed by atoms with Crippen LogP contribution < -0.4 is 10.6 Å². The fourth-order valence-electron chi connectivity index (χ4n) is 4.84. The number of aromatic amines is 1. The zero-order valence-corrected chi connectivity index (χ0v) is 16.7. The van der Waals surface area contributed by atoms with Crippen molar-refractivity contribution in [3.05, 3.63) is 52.9 Å². The number of fused-ring (bicyclic) bond motifs is 4. The Hall–Kier alpha value is -3.36. The van der Waals surface area contributed by atoms with E-state index in [1.54, 1.807) is 6.07 Å². The molecule has 1 aromatic heterocycles. The van der Waals surface area contributed by atoms with Crippen LogP contribution in [0.2, 0.25) is 0 Å². The molecule has 4 aliphatic rings. The molecule has 2 bridgehead atoms. The van der Waals surface area contributed by atoms with Gasteiger partial charge in [0.05, 0.1) is 12.5 Å². The lowest BCUT2D eigenvalue weighted by molar-refractivity contribution is -0.111. The summed E-state index contributed by atoms with van der Waals surface area (Å²) in [5, 5.41) is 13.5. The Kier molecular flexibility index (Phi) is 4.88. The number of rotatable bonds is 5. The Morgan fingerprint density at radius 2 is 2.23 bits per heavy atom. The quantitative estimate of drug-likeness (QED) is 0.390. The van der Waals surface area contributed by atoms with Gasteiger partial charge in [-0.25, -0.2) is 13.8 Å². The van der Waals surface area contributed by atoms with Crippen LogP contribution in [0.25, 0.3) is 10.9 Å². The predicted molar refractivity (Wildman–Crippen MR) is 114 cm³/mol. The van der Waals surface area contributed by atoms with Crippen LogP contribution in [0, 0.1) is 17.7 Å². The first-order valence-corrected chi connectivity index (χ1v) is 10.3. The highest BCUT2D eigenvalue weighted by Gasteiger charge is 2.40. The zero-order chi connectivity index (χ0) is 21.5. The SMILES string of the molecule is C=NCc1cc(F)c2[nH]nc(C3N=C(N[C@@H]4C(C=O)C5=CC[C@@H]4CC5)C(F)=CN3)c2c1. The number of hydrogen-bond donors (Lipinski definition) is 3. The van der Waals surface area contributed by atoms with Crippen molar-refractivity contribution in [3.63, 3.8) is 0 Å². The molecular weight excluding hydrogens is 402 g/mol. The molecule has 1 aliphatic heterocycles. The zero-order valence-electron chi connectivity index (χ0n) is 16.7. The van der Waals surface area contributed by atoms with Crippen molar-refractivity contribution in [2.24, 2.45) is 21.8 Å². The van der Waals surface area contributed by atoms with Crippen LogP contribution in [0.1, 0.15) is 36.7 Å². The molecule has 0 saturated heterocycles. The first kappa shape index (κ1) is 19.6. The standard InChI is InChI=1S/C22H22F2N6O/c1-25-8-11-6-14-19(16(23)7-11)29-30-20(14)22-26-9-17(24)21(28-22)27-18-13-4-2-12(3-5-13)15(18)10-31/h2,6-7,9-10,13,15,18,22,26H,1,3-5,8H2,(H,27,28)(H,29,30)/t13-,15?,18+,22?/m1/s1. The summed E-state index contributed by atoms with van der Waals surface area (Å²) in [5.41, 5.74) is 2.47. The Morgan fingerprint density at radius 3 is 2.97 bits per heavy atom. The number of H-pyrrole nitrogens is 1. The van der Waals surface area contributed by atoms with E-state index in [2.05, 4.69) is 43.6 Å². The second-order valence-corrected chi connectivity index (χ2v) is 8.18. The van der Waals surface area contributed by atoms with E-state index in [0.29, 0.717) is 16.6 Å². The normalized spacial score (nSPS) is 27.2. The summed E-state index contributed by atoms with van der Waals surface area (Å²) in [7, 11) is 0. The number of carbonyl (C=O) groups is 1. The molecule has 2 unspecified atom stereocenters. The van der Waals surface area contributed by atoms with E-state index >= 15 is 0 Å². The summed E-state index contributed by atoms with van der Waals surface area (Å²) in [4.78, 5) is 20.0. The highest BCUT2D eigenvalue weighted by Crippen LogP contribution is 2.40. The largest absolute Gasteiger partial charge is 0.364 e. The van der Waals surface area contributed by atoms with Crippen molar-refractivity contribution < 1.29 is 13.6 Å². The Balaban J connectivity index is 1.47. The van der Waals surface area contributed by atoms with Crippen LogP contribution in [0.3, 0.4) is 0 Å². The van der Waals surface area contributed by atoms with E-state index in [9.17, 15) is 13.6 Å². The number of aliphatic imine (C=N–C) groups is 2. The van der Waals surface area contributed by atoms with Gasteiger partial charge in [0.1, 0.15) is 23.3 Å². The van der Waals surface area contributed by atoms with Crippen LogP contribution in [0.15, 0.2) is 45.8 Å². The number of nitrogens with one attached hydrogen (secondary N) is 3. The summed E-state index contributed by atoms with van der Waals surface area (Å²) in [6, 6.07) is 2.97. The van der Waals surface area contributed by atoms with Crippen molar-refractivity contribution in [1.29, 1.82) is 0 Å². The molecule has 4 atom stereocenters. The molecule has 0 amide bonds. The summed E-state index contributed by atoms with van der Waals surface area (Å²) < 4.78 is 29.1. The molecule has 3 N–H and O–H groups in total.